The monoisotopic (exact) mass is 244 g/mol. The van der Waals surface area contributed by atoms with Gasteiger partial charge in [-0.1, -0.05) is 0 Å². The second-order valence-corrected chi connectivity index (χ2v) is 5.08. The van der Waals surface area contributed by atoms with Crippen LogP contribution in [0.25, 0.3) is 0 Å². The first kappa shape index (κ1) is 14.4. The summed E-state index contributed by atoms with van der Waals surface area (Å²) in [6.45, 7) is 5.04. The summed E-state index contributed by atoms with van der Waals surface area (Å²) in [4.78, 5) is 13.7. The normalized spacial score (nSPS) is 22.1. The van der Waals surface area contributed by atoms with Crippen LogP contribution in [-0.4, -0.2) is 56.9 Å². The molecule has 1 fully saturated rings. The predicted molar refractivity (Wildman–Crippen MR) is 65.6 cm³/mol. The van der Waals surface area contributed by atoms with Crippen molar-refractivity contribution in [2.75, 3.05) is 40.5 Å². The van der Waals surface area contributed by atoms with Crippen molar-refractivity contribution in [3.63, 3.8) is 0 Å². The van der Waals surface area contributed by atoms with Gasteiger partial charge in [-0.2, -0.15) is 0 Å². The molecule has 0 saturated carbocycles. The van der Waals surface area contributed by atoms with Gasteiger partial charge >= 0.3 is 5.97 Å². The Bertz CT molecular complexity index is 248. The molecule has 1 aliphatic rings. The smallest absolute Gasteiger partial charge is 0.326 e. The number of rotatable bonds is 5. The van der Waals surface area contributed by atoms with E-state index < -0.39 is 5.54 Å². The van der Waals surface area contributed by atoms with Crippen LogP contribution in [0.1, 0.15) is 19.8 Å². The van der Waals surface area contributed by atoms with E-state index in [1.807, 2.05) is 0 Å². The van der Waals surface area contributed by atoms with Gasteiger partial charge in [0, 0.05) is 20.3 Å². The number of ether oxygens (including phenoxy) is 2. The van der Waals surface area contributed by atoms with Gasteiger partial charge in [0.15, 0.2) is 0 Å². The minimum absolute atomic E-state index is 0.350. The third-order valence-corrected chi connectivity index (χ3v) is 3.31. The number of nitrogens with zero attached hydrogens (tertiary/aromatic N) is 1. The number of methoxy groups -OCH3 is 2. The van der Waals surface area contributed by atoms with Crippen molar-refractivity contribution in [2.45, 2.75) is 25.3 Å². The van der Waals surface area contributed by atoms with E-state index in [0.29, 0.717) is 12.5 Å². The highest BCUT2D eigenvalue weighted by molar-refractivity contribution is 5.80. The van der Waals surface area contributed by atoms with E-state index in [9.17, 15) is 4.79 Å². The third-order valence-electron chi connectivity index (χ3n) is 3.31. The summed E-state index contributed by atoms with van der Waals surface area (Å²) in [6.07, 6.45) is 2.20. The second-order valence-electron chi connectivity index (χ2n) is 5.08. The van der Waals surface area contributed by atoms with Crippen LogP contribution in [0, 0.1) is 5.92 Å². The van der Waals surface area contributed by atoms with Crippen LogP contribution < -0.4 is 5.73 Å². The van der Waals surface area contributed by atoms with Crippen molar-refractivity contribution in [2.24, 2.45) is 11.7 Å². The summed E-state index contributed by atoms with van der Waals surface area (Å²) >= 11 is 0. The molecule has 1 unspecified atom stereocenters. The summed E-state index contributed by atoms with van der Waals surface area (Å²) in [6, 6.07) is 0. The van der Waals surface area contributed by atoms with Gasteiger partial charge in [0.25, 0.3) is 0 Å². The average molecular weight is 244 g/mol. The lowest BCUT2D eigenvalue weighted by molar-refractivity contribution is -0.147. The number of nitrogens with two attached hydrogens (primary N) is 1. The summed E-state index contributed by atoms with van der Waals surface area (Å²) in [5, 5.41) is 0. The molecule has 0 aliphatic carbocycles. The Balaban J connectivity index is 2.37. The molecule has 0 spiro atoms. The molecule has 5 nitrogen and oxygen atoms in total. The number of esters is 1. The largest absolute Gasteiger partial charge is 0.468 e. The molecule has 1 atom stereocenters. The van der Waals surface area contributed by atoms with Crippen molar-refractivity contribution in [1.82, 2.24) is 4.90 Å². The fourth-order valence-electron chi connectivity index (χ4n) is 2.31. The van der Waals surface area contributed by atoms with Gasteiger partial charge in [0.1, 0.15) is 5.54 Å². The summed E-state index contributed by atoms with van der Waals surface area (Å²) in [5.41, 5.74) is 5.04. The van der Waals surface area contributed by atoms with Gasteiger partial charge < -0.3 is 20.1 Å². The van der Waals surface area contributed by atoms with Gasteiger partial charge in [0.2, 0.25) is 0 Å². The average Bonchev–Trinajstić information content (AvgIpc) is 2.30. The lowest BCUT2D eigenvalue weighted by Crippen LogP contribution is -2.55. The van der Waals surface area contributed by atoms with Gasteiger partial charge in [-0.25, -0.2) is 0 Å². The number of carbonyl (C=O) groups excluding carboxylic acids is 1. The van der Waals surface area contributed by atoms with Crippen molar-refractivity contribution in [1.29, 1.82) is 0 Å². The molecule has 100 valence electrons. The van der Waals surface area contributed by atoms with Gasteiger partial charge in [-0.05, 0) is 38.8 Å². The molecule has 0 aromatic carbocycles. The van der Waals surface area contributed by atoms with E-state index in [1.54, 1.807) is 14.0 Å². The van der Waals surface area contributed by atoms with Crippen LogP contribution in [-0.2, 0) is 14.3 Å². The first-order valence-electron chi connectivity index (χ1n) is 6.08. The minimum Gasteiger partial charge on any atom is -0.468 e. The lowest BCUT2D eigenvalue weighted by atomic mass is 9.95. The highest BCUT2D eigenvalue weighted by Gasteiger charge is 2.33. The van der Waals surface area contributed by atoms with Crippen LogP contribution in [0.5, 0.6) is 0 Å². The Kier molecular flexibility index (Phi) is 5.36. The Hall–Kier alpha value is -0.650. The zero-order valence-electron chi connectivity index (χ0n) is 11.1. The Labute approximate surface area is 103 Å². The highest BCUT2D eigenvalue weighted by Crippen LogP contribution is 2.18. The minimum atomic E-state index is -0.914. The topological polar surface area (TPSA) is 64.8 Å². The molecule has 0 aromatic rings. The van der Waals surface area contributed by atoms with E-state index in [0.717, 1.165) is 32.5 Å². The number of hydrogen-bond acceptors (Lipinski definition) is 5. The van der Waals surface area contributed by atoms with Gasteiger partial charge in [-0.15, -0.1) is 0 Å². The molecule has 5 heteroatoms. The molecule has 1 aliphatic heterocycles. The molecule has 2 N–H and O–H groups in total. The maximum Gasteiger partial charge on any atom is 0.326 e. The highest BCUT2D eigenvalue weighted by atomic mass is 16.5. The van der Waals surface area contributed by atoms with Crippen molar-refractivity contribution in [3.05, 3.63) is 0 Å². The van der Waals surface area contributed by atoms with Crippen LogP contribution in [0.3, 0.4) is 0 Å². The van der Waals surface area contributed by atoms with Crippen molar-refractivity contribution in [3.8, 4) is 0 Å². The maximum absolute atomic E-state index is 11.5. The molecular formula is C12H24N2O3. The molecule has 0 aromatic heterocycles. The third kappa shape index (κ3) is 4.26. The molecule has 1 rings (SSSR count). The molecule has 0 radical (unpaired) electrons. The van der Waals surface area contributed by atoms with Crippen LogP contribution in [0.15, 0.2) is 0 Å². The quantitative estimate of drug-likeness (QED) is 0.702. The zero-order valence-corrected chi connectivity index (χ0v) is 11.1. The Morgan fingerprint density at radius 2 is 2.00 bits per heavy atom. The molecule has 0 bridgehead atoms. The molecule has 0 amide bonds. The SMILES string of the molecule is COCC1CCN(CC(C)(N)C(=O)OC)CC1. The number of hydrogen-bond donors (Lipinski definition) is 1. The second kappa shape index (κ2) is 6.33. The summed E-state index contributed by atoms with van der Waals surface area (Å²) in [7, 11) is 3.11. The zero-order chi connectivity index (χ0) is 12.9. The first-order valence-corrected chi connectivity index (χ1v) is 6.08. The molecule has 17 heavy (non-hydrogen) atoms. The standard InChI is InChI=1S/C12H24N2O3/c1-12(13,11(15)17-3)9-14-6-4-10(5-7-14)8-16-2/h10H,4-9,13H2,1-3H3. The van der Waals surface area contributed by atoms with Crippen molar-refractivity contribution < 1.29 is 14.3 Å². The maximum atomic E-state index is 11.5. The lowest BCUT2D eigenvalue weighted by Gasteiger charge is -2.35. The van der Waals surface area contributed by atoms with Crippen LogP contribution in [0.4, 0.5) is 0 Å². The van der Waals surface area contributed by atoms with Crippen LogP contribution >= 0.6 is 0 Å². The predicted octanol–water partition coefficient (Wildman–Crippen LogP) is 0.235. The summed E-state index contributed by atoms with van der Waals surface area (Å²) < 4.78 is 9.86. The fourth-order valence-corrected chi connectivity index (χ4v) is 2.31. The number of piperidine rings is 1. The van der Waals surface area contributed by atoms with E-state index in [1.165, 1.54) is 7.11 Å². The number of likely N-dealkylation sites (tertiary alicyclic amines) is 1. The summed E-state index contributed by atoms with van der Waals surface area (Å²) in [5.74, 6) is 0.287. The Morgan fingerprint density at radius 3 is 2.47 bits per heavy atom. The molecular weight excluding hydrogens is 220 g/mol. The fraction of sp³-hybridized carbons (Fsp3) is 0.917. The van der Waals surface area contributed by atoms with E-state index >= 15 is 0 Å². The van der Waals surface area contributed by atoms with Crippen molar-refractivity contribution >= 4 is 5.97 Å². The van der Waals surface area contributed by atoms with Crippen LogP contribution in [0.2, 0.25) is 0 Å². The Morgan fingerprint density at radius 1 is 1.41 bits per heavy atom. The van der Waals surface area contributed by atoms with Gasteiger partial charge in [-0.3, -0.25) is 4.79 Å². The van der Waals surface area contributed by atoms with Gasteiger partial charge in [0.05, 0.1) is 7.11 Å². The number of carbonyl (C=O) groups is 1. The van der Waals surface area contributed by atoms with E-state index in [4.69, 9.17) is 15.2 Å². The first-order chi connectivity index (χ1) is 7.99. The van der Waals surface area contributed by atoms with E-state index in [-0.39, 0.29) is 5.97 Å². The van der Waals surface area contributed by atoms with E-state index in [2.05, 4.69) is 4.90 Å². The molecule has 1 saturated heterocycles. The molecule has 1 heterocycles.